The third kappa shape index (κ3) is 6.85. The van der Waals surface area contributed by atoms with E-state index in [1.165, 1.54) is 36.4 Å². The highest BCUT2D eigenvalue weighted by molar-refractivity contribution is 7.93. The summed E-state index contributed by atoms with van der Waals surface area (Å²) in [6.07, 6.45) is -2.13. The van der Waals surface area contributed by atoms with Gasteiger partial charge in [-0.2, -0.15) is 0 Å². The summed E-state index contributed by atoms with van der Waals surface area (Å²) in [6.45, 7) is 1.32. The Kier molecular flexibility index (Phi) is 8.90. The van der Waals surface area contributed by atoms with Crippen molar-refractivity contribution in [2.45, 2.75) is 54.2 Å². The molecule has 1 saturated carbocycles. The number of carbonyl (C=O) groups is 2. The van der Waals surface area contributed by atoms with E-state index in [9.17, 15) is 36.4 Å². The molecule has 2 amide bonds. The van der Waals surface area contributed by atoms with Crippen LogP contribution < -0.4 is 20.3 Å². The van der Waals surface area contributed by atoms with E-state index in [4.69, 9.17) is 4.74 Å². The first-order chi connectivity index (χ1) is 18.9. The molecular formula is C26H30F3N3O7S. The summed E-state index contributed by atoms with van der Waals surface area (Å²) in [6, 6.07) is 10.6. The second-order valence-electron chi connectivity index (χ2n) is 9.71. The lowest BCUT2D eigenvalue weighted by atomic mass is 9.94. The van der Waals surface area contributed by atoms with Crippen LogP contribution in [0.3, 0.4) is 0 Å². The van der Waals surface area contributed by atoms with Gasteiger partial charge >= 0.3 is 6.36 Å². The Bertz CT molecular complexity index is 1290. The van der Waals surface area contributed by atoms with Crippen LogP contribution in [0, 0.1) is 0 Å². The van der Waals surface area contributed by atoms with Crippen molar-refractivity contribution < 1.29 is 45.9 Å². The molecule has 0 unspecified atom stereocenters. The summed E-state index contributed by atoms with van der Waals surface area (Å²) in [5.41, 5.74) is 1.72. The molecule has 1 aliphatic carbocycles. The van der Waals surface area contributed by atoms with Gasteiger partial charge in [-0.1, -0.05) is 0 Å². The minimum atomic E-state index is -4.82. The van der Waals surface area contributed by atoms with Gasteiger partial charge in [0.15, 0.2) is 14.6 Å². The van der Waals surface area contributed by atoms with E-state index in [0.29, 0.717) is 31.3 Å². The summed E-state index contributed by atoms with van der Waals surface area (Å²) < 4.78 is 71.4. The van der Waals surface area contributed by atoms with Crippen molar-refractivity contribution in [3.05, 3.63) is 54.1 Å². The Hall–Kier alpha value is -3.36. The van der Waals surface area contributed by atoms with Gasteiger partial charge in [-0.15, -0.1) is 13.2 Å². The van der Waals surface area contributed by atoms with E-state index in [1.54, 1.807) is 5.48 Å². The monoisotopic (exact) mass is 585 g/mol. The van der Waals surface area contributed by atoms with Gasteiger partial charge in [-0.3, -0.25) is 14.8 Å². The molecule has 0 spiro atoms. The lowest BCUT2D eigenvalue weighted by molar-refractivity contribution is -0.274. The highest BCUT2D eigenvalue weighted by Crippen LogP contribution is 2.39. The van der Waals surface area contributed by atoms with Crippen molar-refractivity contribution >= 4 is 21.7 Å². The summed E-state index contributed by atoms with van der Waals surface area (Å²) in [4.78, 5) is 26.9. The van der Waals surface area contributed by atoms with Gasteiger partial charge in [0, 0.05) is 31.2 Å². The Labute approximate surface area is 229 Å². The number of amides is 2. The summed E-state index contributed by atoms with van der Waals surface area (Å²) in [5.74, 6) is -1.45. The molecule has 0 radical (unpaired) electrons. The van der Waals surface area contributed by atoms with Crippen LogP contribution in [0.15, 0.2) is 53.4 Å². The van der Waals surface area contributed by atoms with Crippen LogP contribution >= 0.6 is 0 Å². The van der Waals surface area contributed by atoms with E-state index >= 15 is 0 Å². The number of hydroxylamine groups is 1. The van der Waals surface area contributed by atoms with Gasteiger partial charge in [0.2, 0.25) is 0 Å². The van der Waals surface area contributed by atoms with E-state index in [0.717, 1.165) is 25.0 Å². The third-order valence-corrected chi connectivity index (χ3v) is 9.57. The zero-order valence-corrected chi connectivity index (χ0v) is 22.3. The van der Waals surface area contributed by atoms with Crippen molar-refractivity contribution in [3.8, 4) is 11.5 Å². The number of sulfone groups is 1. The number of alkyl halides is 3. The van der Waals surface area contributed by atoms with Gasteiger partial charge in [0.1, 0.15) is 11.5 Å². The Balaban J connectivity index is 1.26. The SMILES string of the molecule is O=C(NCCCOc1ccc(S(=O)(=O)C2(C(=O)NO)CCN(C3CC3)CC2)cc1)c1ccc(OC(F)(F)F)cc1. The van der Waals surface area contributed by atoms with E-state index < -0.39 is 38.5 Å². The van der Waals surface area contributed by atoms with Gasteiger partial charge in [-0.25, -0.2) is 13.9 Å². The molecule has 0 bridgehead atoms. The average Bonchev–Trinajstić information content (AvgIpc) is 3.78. The smallest absolute Gasteiger partial charge is 0.494 e. The van der Waals surface area contributed by atoms with Crippen molar-refractivity contribution in [3.63, 3.8) is 0 Å². The molecule has 1 aliphatic heterocycles. The van der Waals surface area contributed by atoms with Crippen LogP contribution in [-0.2, 0) is 14.6 Å². The fourth-order valence-electron chi connectivity index (χ4n) is 4.72. The molecule has 3 N–H and O–H groups in total. The maximum Gasteiger partial charge on any atom is 0.573 e. The van der Waals surface area contributed by atoms with Crippen LogP contribution in [0.25, 0.3) is 0 Å². The van der Waals surface area contributed by atoms with Gasteiger partial charge in [-0.05, 0) is 80.6 Å². The molecule has 2 fully saturated rings. The van der Waals surface area contributed by atoms with Gasteiger partial charge in [0.25, 0.3) is 11.8 Å². The molecule has 10 nitrogen and oxygen atoms in total. The maximum absolute atomic E-state index is 13.5. The van der Waals surface area contributed by atoms with Crippen molar-refractivity contribution in [1.29, 1.82) is 0 Å². The van der Waals surface area contributed by atoms with Crippen LogP contribution in [-0.4, -0.2) is 73.7 Å². The number of nitrogens with one attached hydrogen (secondary N) is 2. The molecule has 4 rings (SSSR count). The molecule has 0 atom stereocenters. The van der Waals surface area contributed by atoms with Gasteiger partial charge in [0.05, 0.1) is 11.5 Å². The molecule has 2 aliphatic rings. The first kappa shape index (κ1) is 29.6. The fourth-order valence-corrected chi connectivity index (χ4v) is 6.68. The number of hydrogen-bond acceptors (Lipinski definition) is 8. The number of nitrogens with zero attached hydrogens (tertiary/aromatic N) is 1. The van der Waals surface area contributed by atoms with Crippen molar-refractivity contribution in [2.24, 2.45) is 0 Å². The average molecular weight is 586 g/mol. The minimum absolute atomic E-state index is 0.0535. The lowest BCUT2D eigenvalue weighted by Crippen LogP contribution is -2.58. The Morgan fingerprint density at radius 1 is 1.00 bits per heavy atom. The molecule has 40 heavy (non-hydrogen) atoms. The molecule has 218 valence electrons. The molecule has 0 aromatic heterocycles. The van der Waals surface area contributed by atoms with E-state index in [-0.39, 0.29) is 36.5 Å². The first-order valence-corrected chi connectivity index (χ1v) is 14.2. The highest BCUT2D eigenvalue weighted by Gasteiger charge is 2.54. The number of hydrogen-bond donors (Lipinski definition) is 3. The Morgan fingerprint density at radius 2 is 1.60 bits per heavy atom. The zero-order chi connectivity index (χ0) is 29.0. The maximum atomic E-state index is 13.5. The number of ether oxygens (including phenoxy) is 2. The van der Waals surface area contributed by atoms with Crippen LogP contribution in [0.2, 0.25) is 0 Å². The molecular weight excluding hydrogens is 555 g/mol. The molecule has 2 aromatic carbocycles. The fraction of sp³-hybridized carbons (Fsp3) is 0.462. The molecule has 2 aromatic rings. The number of likely N-dealkylation sites (tertiary alicyclic amines) is 1. The van der Waals surface area contributed by atoms with Crippen molar-refractivity contribution in [2.75, 3.05) is 26.2 Å². The van der Waals surface area contributed by atoms with Crippen LogP contribution in [0.5, 0.6) is 11.5 Å². The molecule has 14 heteroatoms. The summed E-state index contributed by atoms with van der Waals surface area (Å²) in [5, 5.41) is 11.9. The van der Waals surface area contributed by atoms with Crippen molar-refractivity contribution in [1.82, 2.24) is 15.7 Å². The van der Waals surface area contributed by atoms with Crippen LogP contribution in [0.4, 0.5) is 13.2 Å². The standard InChI is InChI=1S/C26H30F3N3O7S/c27-26(28,29)39-21-6-2-18(3-7-21)23(33)30-14-1-17-38-20-8-10-22(11-9-20)40(36,37)25(24(34)31-35)12-15-32(16-13-25)19-4-5-19/h2-3,6-11,19,35H,1,4-5,12-17H2,(H,30,33)(H,31,34). The topological polar surface area (TPSA) is 134 Å². The van der Waals surface area contributed by atoms with E-state index in [2.05, 4.69) is 15.0 Å². The molecule has 1 heterocycles. The zero-order valence-electron chi connectivity index (χ0n) is 21.4. The normalized spacial score (nSPS) is 17.6. The quantitative estimate of drug-likeness (QED) is 0.208. The number of carbonyl (C=O) groups excluding carboxylic acids is 2. The number of piperidine rings is 1. The van der Waals surface area contributed by atoms with E-state index in [1.807, 2.05) is 0 Å². The largest absolute Gasteiger partial charge is 0.573 e. The third-order valence-electron chi connectivity index (χ3n) is 7.06. The second kappa shape index (κ2) is 12.0. The number of halogens is 3. The minimum Gasteiger partial charge on any atom is -0.494 e. The first-order valence-electron chi connectivity index (χ1n) is 12.8. The summed E-state index contributed by atoms with van der Waals surface area (Å²) >= 11 is 0. The predicted octanol–water partition coefficient (Wildman–Crippen LogP) is 3.06. The second-order valence-corrected chi connectivity index (χ2v) is 12.0. The lowest BCUT2D eigenvalue weighted by Gasteiger charge is -2.39. The summed E-state index contributed by atoms with van der Waals surface area (Å²) in [7, 11) is -4.12. The highest BCUT2D eigenvalue weighted by atomic mass is 32.2. The van der Waals surface area contributed by atoms with Gasteiger partial charge < -0.3 is 19.7 Å². The Morgan fingerprint density at radius 3 is 2.15 bits per heavy atom. The predicted molar refractivity (Wildman–Crippen MR) is 136 cm³/mol. The number of rotatable bonds is 11. The van der Waals surface area contributed by atoms with Crippen LogP contribution in [0.1, 0.15) is 42.5 Å². The molecule has 1 saturated heterocycles. The number of benzene rings is 2.